The molecule has 0 saturated heterocycles. The minimum Gasteiger partial charge on any atom is -0.507 e. The number of carbonyl (C=O) groups is 1. The Hall–Kier alpha value is -1.73. The maximum atomic E-state index is 11.3. The van der Waals surface area contributed by atoms with Gasteiger partial charge in [-0.15, -0.1) is 0 Å². The van der Waals surface area contributed by atoms with E-state index < -0.39 is 0 Å². The SMILES string of the molecule is CC(=O)c1sc(N/N=C/c2cc(Br)ccc2O)nc1C. The summed E-state index contributed by atoms with van der Waals surface area (Å²) in [5.41, 5.74) is 4.02. The molecule has 2 aromatic rings. The Bertz CT molecular complexity index is 682. The Balaban J connectivity index is 2.12. The third kappa shape index (κ3) is 3.43. The molecule has 1 aromatic heterocycles. The largest absolute Gasteiger partial charge is 0.507 e. The number of aromatic nitrogens is 1. The lowest BCUT2D eigenvalue weighted by molar-refractivity contribution is 0.102. The number of Topliss-reactive ketones (excluding diaryl/α,β-unsaturated/α-hetero) is 1. The maximum Gasteiger partial charge on any atom is 0.204 e. The molecule has 2 N–H and O–H groups in total. The second-order valence-corrected chi connectivity index (χ2v) is 5.98. The van der Waals surface area contributed by atoms with E-state index in [0.717, 1.165) is 4.47 Å². The molecule has 1 aromatic carbocycles. The highest BCUT2D eigenvalue weighted by Crippen LogP contribution is 2.23. The molecule has 0 saturated carbocycles. The quantitative estimate of drug-likeness (QED) is 0.500. The summed E-state index contributed by atoms with van der Waals surface area (Å²) in [5.74, 6) is 0.125. The summed E-state index contributed by atoms with van der Waals surface area (Å²) in [6.45, 7) is 3.29. The molecule has 7 heteroatoms. The molecule has 0 aliphatic carbocycles. The molecule has 0 fully saturated rings. The van der Waals surface area contributed by atoms with Crippen LogP contribution < -0.4 is 5.43 Å². The summed E-state index contributed by atoms with van der Waals surface area (Å²) in [4.78, 5) is 16.1. The summed E-state index contributed by atoms with van der Waals surface area (Å²) in [7, 11) is 0. The van der Waals surface area contributed by atoms with Crippen LogP contribution in [0.2, 0.25) is 0 Å². The summed E-state index contributed by atoms with van der Waals surface area (Å²) in [5, 5.41) is 14.2. The number of thiazole rings is 1. The first-order valence-electron chi connectivity index (χ1n) is 5.73. The van der Waals surface area contributed by atoms with Crippen LogP contribution in [0.4, 0.5) is 5.13 Å². The molecular weight excluding hydrogens is 342 g/mol. The van der Waals surface area contributed by atoms with E-state index in [4.69, 9.17) is 0 Å². The number of halogens is 1. The second-order valence-electron chi connectivity index (χ2n) is 4.06. The lowest BCUT2D eigenvalue weighted by Crippen LogP contribution is -1.91. The first-order valence-corrected chi connectivity index (χ1v) is 7.34. The van der Waals surface area contributed by atoms with E-state index in [9.17, 15) is 9.90 Å². The molecule has 104 valence electrons. The third-order valence-corrected chi connectivity index (χ3v) is 4.13. The van der Waals surface area contributed by atoms with E-state index in [0.29, 0.717) is 21.3 Å². The number of nitrogens with one attached hydrogen (secondary N) is 1. The zero-order valence-electron chi connectivity index (χ0n) is 10.8. The average molecular weight is 354 g/mol. The van der Waals surface area contributed by atoms with E-state index in [-0.39, 0.29) is 11.5 Å². The predicted octanol–water partition coefficient (Wildman–Crippen LogP) is 3.57. The monoisotopic (exact) mass is 353 g/mol. The fourth-order valence-electron chi connectivity index (χ4n) is 1.56. The van der Waals surface area contributed by atoms with E-state index in [1.807, 2.05) is 0 Å². The molecule has 2 rings (SSSR count). The number of rotatable bonds is 4. The summed E-state index contributed by atoms with van der Waals surface area (Å²) in [6.07, 6.45) is 1.49. The minimum atomic E-state index is -0.0123. The standard InChI is InChI=1S/C13H12BrN3O2S/c1-7-12(8(2)18)20-13(16-7)17-15-6-9-5-10(14)3-4-11(9)19/h3-6,19H,1-2H3,(H,16,17)/b15-6+. The zero-order valence-corrected chi connectivity index (χ0v) is 13.2. The Kier molecular flexibility index (Phi) is 4.51. The second kappa shape index (κ2) is 6.15. The average Bonchev–Trinajstić information content (AvgIpc) is 2.75. The van der Waals surface area contributed by atoms with Crippen LogP contribution in [-0.2, 0) is 0 Å². The molecule has 0 unspecified atom stereocenters. The van der Waals surface area contributed by atoms with Crippen LogP contribution in [-0.4, -0.2) is 22.1 Å². The van der Waals surface area contributed by atoms with E-state index in [2.05, 4.69) is 31.4 Å². The van der Waals surface area contributed by atoms with Crippen LogP contribution in [0.15, 0.2) is 27.8 Å². The van der Waals surface area contributed by atoms with E-state index in [1.165, 1.54) is 24.5 Å². The minimum absolute atomic E-state index is 0.0123. The number of nitrogens with zero attached hydrogens (tertiary/aromatic N) is 2. The van der Waals surface area contributed by atoms with Gasteiger partial charge in [0.1, 0.15) is 5.75 Å². The number of benzene rings is 1. The van der Waals surface area contributed by atoms with Gasteiger partial charge < -0.3 is 5.11 Å². The lowest BCUT2D eigenvalue weighted by Gasteiger charge is -1.99. The summed E-state index contributed by atoms with van der Waals surface area (Å²) in [6, 6.07) is 5.06. The van der Waals surface area contributed by atoms with Gasteiger partial charge in [-0.05, 0) is 25.1 Å². The zero-order chi connectivity index (χ0) is 14.7. The van der Waals surface area contributed by atoms with E-state index in [1.54, 1.807) is 25.1 Å². The summed E-state index contributed by atoms with van der Waals surface area (Å²) < 4.78 is 0.848. The number of phenolic OH excluding ortho intramolecular Hbond substituents is 1. The molecule has 1 heterocycles. The van der Waals surface area contributed by atoms with Crippen molar-refractivity contribution in [1.82, 2.24) is 4.98 Å². The Morgan fingerprint density at radius 1 is 1.55 bits per heavy atom. The number of hydrogen-bond donors (Lipinski definition) is 2. The van der Waals surface area contributed by atoms with Gasteiger partial charge in [-0.25, -0.2) is 4.98 Å². The number of carbonyl (C=O) groups excluding carboxylic acids is 1. The van der Waals surface area contributed by atoms with Gasteiger partial charge in [-0.3, -0.25) is 10.2 Å². The molecule has 0 atom stereocenters. The molecule has 0 radical (unpaired) electrons. The molecule has 20 heavy (non-hydrogen) atoms. The molecule has 0 amide bonds. The number of phenols is 1. The molecule has 5 nitrogen and oxygen atoms in total. The van der Waals surface area contributed by atoms with Crippen molar-refractivity contribution in [1.29, 1.82) is 0 Å². The fourth-order valence-corrected chi connectivity index (χ4v) is 2.75. The van der Waals surface area contributed by atoms with Crippen molar-refractivity contribution in [3.05, 3.63) is 38.8 Å². The van der Waals surface area contributed by atoms with Gasteiger partial charge >= 0.3 is 0 Å². The maximum absolute atomic E-state index is 11.3. The van der Waals surface area contributed by atoms with Gasteiger partial charge in [0, 0.05) is 17.0 Å². The molecule has 0 bridgehead atoms. The van der Waals surface area contributed by atoms with Crippen LogP contribution >= 0.6 is 27.3 Å². The van der Waals surface area contributed by atoms with Gasteiger partial charge in [0.15, 0.2) is 5.78 Å². The fraction of sp³-hybridized carbons (Fsp3) is 0.154. The van der Waals surface area contributed by atoms with Gasteiger partial charge in [-0.2, -0.15) is 5.10 Å². The van der Waals surface area contributed by atoms with Gasteiger partial charge in [0.05, 0.1) is 16.8 Å². The number of anilines is 1. The first kappa shape index (κ1) is 14.7. The molecular formula is C13H12BrN3O2S. The van der Waals surface area contributed by atoms with Crippen molar-refractivity contribution < 1.29 is 9.90 Å². The highest BCUT2D eigenvalue weighted by atomic mass is 79.9. The highest BCUT2D eigenvalue weighted by molar-refractivity contribution is 9.10. The van der Waals surface area contributed by atoms with Crippen molar-refractivity contribution in [2.75, 3.05) is 5.43 Å². The van der Waals surface area contributed by atoms with Crippen LogP contribution in [0.5, 0.6) is 5.75 Å². The normalized spacial score (nSPS) is 10.9. The molecule has 0 aliphatic rings. The highest BCUT2D eigenvalue weighted by Gasteiger charge is 2.10. The third-order valence-electron chi connectivity index (χ3n) is 2.47. The number of hydrazone groups is 1. The Morgan fingerprint density at radius 2 is 2.30 bits per heavy atom. The lowest BCUT2D eigenvalue weighted by atomic mass is 10.2. The van der Waals surface area contributed by atoms with Gasteiger partial charge in [0.2, 0.25) is 5.13 Å². The number of hydrogen-bond acceptors (Lipinski definition) is 6. The molecule has 0 aliphatic heterocycles. The predicted molar refractivity (Wildman–Crippen MR) is 83.9 cm³/mol. The summed E-state index contributed by atoms with van der Waals surface area (Å²) >= 11 is 4.57. The van der Waals surface area contributed by atoms with Crippen molar-refractivity contribution in [2.24, 2.45) is 5.10 Å². The topological polar surface area (TPSA) is 74.6 Å². The first-order chi connectivity index (χ1) is 9.47. The smallest absolute Gasteiger partial charge is 0.204 e. The van der Waals surface area contributed by atoms with Crippen LogP contribution in [0.3, 0.4) is 0 Å². The van der Waals surface area contributed by atoms with Crippen molar-refractivity contribution in [2.45, 2.75) is 13.8 Å². The van der Waals surface area contributed by atoms with Gasteiger partial charge in [-0.1, -0.05) is 27.3 Å². The Morgan fingerprint density at radius 3 is 2.95 bits per heavy atom. The number of aryl methyl sites for hydroxylation is 1. The van der Waals surface area contributed by atoms with Gasteiger partial charge in [0.25, 0.3) is 0 Å². The van der Waals surface area contributed by atoms with Crippen molar-refractivity contribution in [3.63, 3.8) is 0 Å². The number of ketones is 1. The van der Waals surface area contributed by atoms with Crippen LogP contribution in [0, 0.1) is 6.92 Å². The van der Waals surface area contributed by atoms with Crippen molar-refractivity contribution >= 4 is 44.4 Å². The van der Waals surface area contributed by atoms with Crippen LogP contribution in [0.25, 0.3) is 0 Å². The molecule has 0 spiro atoms. The Labute approximate surface area is 128 Å². The number of aromatic hydroxyl groups is 1. The van der Waals surface area contributed by atoms with E-state index >= 15 is 0 Å². The van der Waals surface area contributed by atoms with Crippen molar-refractivity contribution in [3.8, 4) is 5.75 Å². The van der Waals surface area contributed by atoms with Crippen LogP contribution in [0.1, 0.15) is 27.9 Å².